The van der Waals surface area contributed by atoms with Crippen molar-refractivity contribution in [3.05, 3.63) is 46.2 Å². The van der Waals surface area contributed by atoms with E-state index in [-0.39, 0.29) is 12.1 Å². The highest BCUT2D eigenvalue weighted by Crippen LogP contribution is 2.23. The summed E-state index contributed by atoms with van der Waals surface area (Å²) in [5, 5.41) is 5.06. The van der Waals surface area contributed by atoms with Crippen LogP contribution in [0, 0.1) is 0 Å². The molecule has 0 bridgehead atoms. The Hall–Kier alpha value is -2.32. The number of nitrogens with one attached hydrogen (secondary N) is 2. The number of urea groups is 1. The monoisotopic (exact) mass is 380 g/mol. The second-order valence-electron chi connectivity index (χ2n) is 5.09. The molecule has 0 fully saturated rings. The summed E-state index contributed by atoms with van der Waals surface area (Å²) in [6.45, 7) is 5.51. The molecule has 0 spiro atoms. The first-order chi connectivity index (χ1) is 11.9. The first-order valence-electron chi connectivity index (χ1n) is 7.37. The minimum absolute atomic E-state index is 0.237. The number of hydrogen-bond donors (Lipinski definition) is 2. The molecule has 1 aromatic heterocycles. The zero-order chi connectivity index (χ0) is 18.6. The van der Waals surface area contributed by atoms with Crippen molar-refractivity contribution >= 4 is 46.2 Å². The van der Waals surface area contributed by atoms with Gasteiger partial charge in [0.1, 0.15) is 0 Å². The van der Waals surface area contributed by atoms with Crippen molar-refractivity contribution in [1.82, 2.24) is 20.2 Å². The molecule has 0 saturated carbocycles. The number of halogens is 1. The molecule has 7 nitrogen and oxygen atoms in total. The van der Waals surface area contributed by atoms with Crippen molar-refractivity contribution in [1.29, 1.82) is 0 Å². The van der Waals surface area contributed by atoms with Crippen molar-refractivity contribution in [2.24, 2.45) is 0 Å². The van der Waals surface area contributed by atoms with Crippen molar-refractivity contribution in [3.8, 4) is 0 Å². The van der Waals surface area contributed by atoms with Crippen LogP contribution in [0.2, 0.25) is 5.02 Å². The zero-order valence-corrected chi connectivity index (χ0v) is 15.3. The van der Waals surface area contributed by atoms with Crippen LogP contribution in [0.25, 0.3) is 10.9 Å². The van der Waals surface area contributed by atoms with E-state index in [2.05, 4.69) is 22.2 Å². The molecule has 0 aliphatic rings. The lowest BCUT2D eigenvalue weighted by atomic mass is 10.2. The molecule has 2 rings (SSSR count). The van der Waals surface area contributed by atoms with Gasteiger partial charge < -0.3 is 5.32 Å². The number of carbonyl (C=O) groups excluding carboxylic acids is 2. The smallest absolute Gasteiger partial charge is 0.321 e. The summed E-state index contributed by atoms with van der Waals surface area (Å²) in [7, 11) is 1.41. The molecule has 3 amide bonds. The van der Waals surface area contributed by atoms with Crippen molar-refractivity contribution in [3.63, 3.8) is 0 Å². The number of benzene rings is 1. The number of thioether (sulfide) groups is 1. The van der Waals surface area contributed by atoms with Gasteiger partial charge in [-0.25, -0.2) is 9.78 Å². The van der Waals surface area contributed by atoms with Crippen LogP contribution in [0.1, 0.15) is 6.92 Å². The molecule has 0 saturated heterocycles. The van der Waals surface area contributed by atoms with Gasteiger partial charge in [0.05, 0.1) is 16.2 Å². The summed E-state index contributed by atoms with van der Waals surface area (Å²) in [5.74, 6) is -0.486. The number of aromatic nitrogens is 2. The number of hydrogen-bond acceptors (Lipinski definition) is 5. The van der Waals surface area contributed by atoms with Crippen molar-refractivity contribution in [2.75, 3.05) is 7.05 Å². The number of amides is 3. The van der Waals surface area contributed by atoms with Crippen LogP contribution < -0.4 is 16.2 Å². The Morgan fingerprint density at radius 2 is 2.20 bits per heavy atom. The molecule has 25 heavy (non-hydrogen) atoms. The molecular formula is C16H17ClN4O3S. The van der Waals surface area contributed by atoms with Crippen molar-refractivity contribution in [2.45, 2.75) is 23.9 Å². The highest BCUT2D eigenvalue weighted by Gasteiger charge is 2.20. The number of nitrogens with zero attached hydrogens (tertiary/aromatic N) is 2. The fraction of sp³-hybridized carbons (Fsp3) is 0.250. The maximum absolute atomic E-state index is 12.7. The average molecular weight is 381 g/mol. The van der Waals surface area contributed by atoms with Gasteiger partial charge in [-0.15, -0.1) is 6.58 Å². The molecule has 1 aromatic carbocycles. The summed E-state index contributed by atoms with van der Waals surface area (Å²) < 4.78 is 1.42. The first kappa shape index (κ1) is 19.0. The topological polar surface area (TPSA) is 93.1 Å². The Morgan fingerprint density at radius 1 is 1.48 bits per heavy atom. The highest BCUT2D eigenvalue weighted by molar-refractivity contribution is 8.00. The van der Waals surface area contributed by atoms with Gasteiger partial charge in [-0.2, -0.15) is 0 Å². The van der Waals surface area contributed by atoms with Gasteiger partial charge in [0, 0.05) is 18.6 Å². The van der Waals surface area contributed by atoms with Gasteiger partial charge in [-0.05, 0) is 25.1 Å². The summed E-state index contributed by atoms with van der Waals surface area (Å²) in [4.78, 5) is 40.5. The normalized spacial score (nSPS) is 11.8. The SMILES string of the molecule is C=CCn1c(S[C@H](C)C(=O)NC(=O)NC)nc2ccc(Cl)cc2c1=O. The predicted molar refractivity (Wildman–Crippen MR) is 99.1 cm³/mol. The Morgan fingerprint density at radius 3 is 2.84 bits per heavy atom. The maximum atomic E-state index is 12.7. The molecule has 1 heterocycles. The molecule has 0 aliphatic heterocycles. The highest BCUT2D eigenvalue weighted by atomic mass is 35.5. The van der Waals surface area contributed by atoms with Crippen LogP contribution in [-0.2, 0) is 11.3 Å². The largest absolute Gasteiger partial charge is 0.341 e. The number of imide groups is 1. The molecule has 2 aromatic rings. The molecule has 0 unspecified atom stereocenters. The quantitative estimate of drug-likeness (QED) is 0.471. The molecule has 132 valence electrons. The van der Waals surface area contributed by atoms with Gasteiger partial charge in [0.15, 0.2) is 5.16 Å². The fourth-order valence-electron chi connectivity index (χ4n) is 2.04. The lowest BCUT2D eigenvalue weighted by molar-refractivity contribution is -0.119. The van der Waals surface area contributed by atoms with Crippen LogP contribution in [0.3, 0.4) is 0 Å². The lowest BCUT2D eigenvalue weighted by Gasteiger charge is -2.15. The first-order valence-corrected chi connectivity index (χ1v) is 8.63. The summed E-state index contributed by atoms with van der Waals surface area (Å²) in [5.41, 5.74) is 0.213. The summed E-state index contributed by atoms with van der Waals surface area (Å²) in [6.07, 6.45) is 1.57. The van der Waals surface area contributed by atoms with E-state index in [0.717, 1.165) is 11.8 Å². The van der Waals surface area contributed by atoms with Crippen LogP contribution in [0.5, 0.6) is 0 Å². The molecule has 9 heteroatoms. The van der Waals surface area contributed by atoms with E-state index >= 15 is 0 Å². The van der Waals surface area contributed by atoms with Crippen LogP contribution in [-0.4, -0.2) is 33.8 Å². The van der Waals surface area contributed by atoms with E-state index in [0.29, 0.717) is 21.1 Å². The Balaban J connectivity index is 2.42. The number of fused-ring (bicyclic) bond motifs is 1. The van der Waals surface area contributed by atoms with E-state index in [1.165, 1.54) is 11.6 Å². The van der Waals surface area contributed by atoms with Gasteiger partial charge >= 0.3 is 6.03 Å². The van der Waals surface area contributed by atoms with Crippen LogP contribution in [0.4, 0.5) is 4.79 Å². The number of carbonyl (C=O) groups is 2. The standard InChI is InChI=1S/C16H17ClN4O3S/c1-4-7-21-14(23)11-8-10(17)5-6-12(11)19-16(21)25-9(2)13(22)20-15(24)18-3/h4-6,8-9H,1,7H2,2-3H3,(H2,18,20,22,24)/t9-/m1/s1. The van der Waals surface area contributed by atoms with E-state index in [9.17, 15) is 14.4 Å². The average Bonchev–Trinajstić information content (AvgIpc) is 2.58. The minimum Gasteiger partial charge on any atom is -0.341 e. The second kappa shape index (κ2) is 8.17. The second-order valence-corrected chi connectivity index (χ2v) is 6.83. The number of rotatable bonds is 5. The Bertz CT molecular complexity index is 897. The Kier molecular flexibility index (Phi) is 6.22. The van der Waals surface area contributed by atoms with Gasteiger partial charge in [-0.3, -0.25) is 19.5 Å². The lowest BCUT2D eigenvalue weighted by Crippen LogP contribution is -2.41. The molecule has 2 N–H and O–H groups in total. The van der Waals surface area contributed by atoms with Crippen molar-refractivity contribution < 1.29 is 9.59 Å². The molecule has 1 atom stereocenters. The number of allylic oxidation sites excluding steroid dienone is 1. The third kappa shape index (κ3) is 4.40. The van der Waals surface area contributed by atoms with E-state index in [1.54, 1.807) is 31.2 Å². The molecular weight excluding hydrogens is 364 g/mol. The van der Waals surface area contributed by atoms with Crippen LogP contribution in [0.15, 0.2) is 40.8 Å². The van der Waals surface area contributed by atoms with Gasteiger partial charge in [0.2, 0.25) is 5.91 Å². The fourth-order valence-corrected chi connectivity index (χ4v) is 3.13. The maximum Gasteiger partial charge on any atom is 0.321 e. The van der Waals surface area contributed by atoms with E-state index < -0.39 is 17.2 Å². The van der Waals surface area contributed by atoms with Crippen LogP contribution >= 0.6 is 23.4 Å². The van der Waals surface area contributed by atoms with E-state index in [1.807, 2.05) is 0 Å². The van der Waals surface area contributed by atoms with Gasteiger partial charge in [-0.1, -0.05) is 29.4 Å². The third-order valence-corrected chi connectivity index (χ3v) is 4.63. The zero-order valence-electron chi connectivity index (χ0n) is 13.7. The summed E-state index contributed by atoms with van der Waals surface area (Å²) in [6, 6.07) is 4.25. The van der Waals surface area contributed by atoms with Gasteiger partial charge in [0.25, 0.3) is 5.56 Å². The van der Waals surface area contributed by atoms with E-state index in [4.69, 9.17) is 11.6 Å². The molecule has 0 aliphatic carbocycles. The third-order valence-electron chi connectivity index (χ3n) is 3.31. The predicted octanol–water partition coefficient (Wildman–Crippen LogP) is 2.17. The molecule has 0 radical (unpaired) electrons. The Labute approximate surface area is 153 Å². The minimum atomic E-state index is -0.634. The summed E-state index contributed by atoms with van der Waals surface area (Å²) >= 11 is 7.04.